The van der Waals surface area contributed by atoms with Crippen LogP contribution >= 0.6 is 34.8 Å². The minimum atomic E-state index is -0.461. The summed E-state index contributed by atoms with van der Waals surface area (Å²) in [6.45, 7) is 0. The maximum Gasteiger partial charge on any atom is 0.141 e. The third kappa shape index (κ3) is 2.46. The fraction of sp³-hybridized carbons (Fsp3) is 0. The Morgan fingerprint density at radius 2 is 1.50 bits per heavy atom. The first kappa shape index (κ1) is 11.6. The second kappa shape index (κ2) is 4.58. The molecule has 0 aliphatic rings. The van der Waals surface area contributed by atoms with Crippen LogP contribution in [0.25, 0.3) is 11.1 Å². The summed E-state index contributed by atoms with van der Waals surface area (Å²) in [5.41, 5.74) is 1.48. The normalized spacial score (nSPS) is 10.5. The van der Waals surface area contributed by atoms with Crippen LogP contribution in [0.1, 0.15) is 0 Å². The molecule has 0 aliphatic carbocycles. The first-order valence-corrected chi connectivity index (χ1v) is 5.48. The van der Waals surface area contributed by atoms with Crippen molar-refractivity contribution in [3.05, 3.63) is 51.5 Å². The highest BCUT2D eigenvalue weighted by Gasteiger charge is 2.05. The minimum absolute atomic E-state index is 0.0570. The third-order valence-corrected chi connectivity index (χ3v) is 2.69. The molecule has 0 amide bonds. The van der Waals surface area contributed by atoms with Gasteiger partial charge in [0.1, 0.15) is 16.1 Å². The van der Waals surface area contributed by atoms with Gasteiger partial charge in [-0.2, -0.15) is 0 Å². The summed E-state index contributed by atoms with van der Waals surface area (Å²) < 4.78 is 13.0. The van der Waals surface area contributed by atoms with Crippen molar-refractivity contribution in [2.75, 3.05) is 0 Å². The number of hydrogen-bond donors (Lipinski definition) is 0. The maximum absolute atomic E-state index is 13.0. The summed E-state index contributed by atoms with van der Waals surface area (Å²) >= 11 is 17.2. The Labute approximate surface area is 107 Å². The fourth-order valence-electron chi connectivity index (χ4n) is 1.31. The van der Waals surface area contributed by atoms with E-state index in [0.29, 0.717) is 0 Å². The molecule has 0 aliphatic heterocycles. The van der Waals surface area contributed by atoms with Gasteiger partial charge in [0.05, 0.1) is 5.02 Å². The van der Waals surface area contributed by atoms with Gasteiger partial charge in [-0.1, -0.05) is 40.9 Å². The molecule has 1 heterocycles. The number of rotatable bonds is 1. The van der Waals surface area contributed by atoms with Gasteiger partial charge in [0.25, 0.3) is 0 Å². The van der Waals surface area contributed by atoms with E-state index < -0.39 is 5.82 Å². The molecule has 16 heavy (non-hydrogen) atoms. The molecule has 0 saturated carbocycles. The number of hydrogen-bond acceptors (Lipinski definition) is 1. The van der Waals surface area contributed by atoms with Crippen LogP contribution in [0.5, 0.6) is 0 Å². The van der Waals surface area contributed by atoms with Gasteiger partial charge in [-0.3, -0.25) is 0 Å². The highest BCUT2D eigenvalue weighted by molar-refractivity contribution is 6.33. The van der Waals surface area contributed by atoms with Crippen LogP contribution < -0.4 is 0 Å². The van der Waals surface area contributed by atoms with Crippen molar-refractivity contribution in [2.45, 2.75) is 0 Å². The van der Waals surface area contributed by atoms with Crippen LogP contribution in [-0.4, -0.2) is 4.98 Å². The average Bonchev–Trinajstić information content (AvgIpc) is 2.20. The predicted molar refractivity (Wildman–Crippen MR) is 64.7 cm³/mol. The van der Waals surface area contributed by atoms with Crippen molar-refractivity contribution >= 4 is 34.8 Å². The summed E-state index contributed by atoms with van der Waals surface area (Å²) in [4.78, 5) is 3.82. The summed E-state index contributed by atoms with van der Waals surface area (Å²) in [5.74, 6) is -0.461. The second-order valence-electron chi connectivity index (χ2n) is 3.13. The molecule has 5 heteroatoms. The summed E-state index contributed by atoms with van der Waals surface area (Å²) in [5, 5.41) is 0.618. The monoisotopic (exact) mass is 275 g/mol. The standard InChI is InChI=1S/C11H5Cl3FN/c12-8-3-6(1-2-9(8)15)7-4-10(13)16-11(14)5-7/h1-5H. The third-order valence-electron chi connectivity index (χ3n) is 2.02. The van der Waals surface area contributed by atoms with E-state index >= 15 is 0 Å². The quantitative estimate of drug-likeness (QED) is 0.679. The molecular weight excluding hydrogens is 271 g/mol. The first-order chi connectivity index (χ1) is 7.56. The van der Waals surface area contributed by atoms with Gasteiger partial charge in [-0.05, 0) is 35.4 Å². The molecule has 0 unspecified atom stereocenters. The Morgan fingerprint density at radius 1 is 0.875 bits per heavy atom. The van der Waals surface area contributed by atoms with E-state index in [4.69, 9.17) is 34.8 Å². The molecule has 1 aromatic heterocycles. The van der Waals surface area contributed by atoms with Gasteiger partial charge >= 0.3 is 0 Å². The lowest BCUT2D eigenvalue weighted by Crippen LogP contribution is -1.84. The zero-order valence-corrected chi connectivity index (χ0v) is 10.1. The average molecular weight is 277 g/mol. The summed E-state index contributed by atoms with van der Waals surface area (Å²) in [7, 11) is 0. The number of benzene rings is 1. The van der Waals surface area contributed by atoms with E-state index in [1.807, 2.05) is 0 Å². The SMILES string of the molecule is Fc1ccc(-c2cc(Cl)nc(Cl)c2)cc1Cl. The Bertz CT molecular complexity index is 522. The Balaban J connectivity index is 2.54. The van der Waals surface area contributed by atoms with Gasteiger partial charge in [0, 0.05) is 0 Å². The Kier molecular flexibility index (Phi) is 3.33. The van der Waals surface area contributed by atoms with Crippen LogP contribution in [0.4, 0.5) is 4.39 Å². The van der Waals surface area contributed by atoms with Crippen LogP contribution in [0.3, 0.4) is 0 Å². The second-order valence-corrected chi connectivity index (χ2v) is 4.31. The zero-order valence-electron chi connectivity index (χ0n) is 7.85. The number of halogens is 4. The zero-order chi connectivity index (χ0) is 11.7. The van der Waals surface area contributed by atoms with E-state index in [9.17, 15) is 4.39 Å². The van der Waals surface area contributed by atoms with Gasteiger partial charge in [0.15, 0.2) is 0 Å². The molecule has 2 rings (SSSR count). The first-order valence-electron chi connectivity index (χ1n) is 4.35. The maximum atomic E-state index is 13.0. The largest absolute Gasteiger partial charge is 0.224 e. The van der Waals surface area contributed by atoms with Gasteiger partial charge in [0.2, 0.25) is 0 Å². The Hall–Kier alpha value is -0.830. The molecule has 0 spiro atoms. The smallest absolute Gasteiger partial charge is 0.141 e. The highest BCUT2D eigenvalue weighted by Crippen LogP contribution is 2.27. The molecule has 1 nitrogen and oxygen atoms in total. The van der Waals surface area contributed by atoms with E-state index in [1.54, 1.807) is 18.2 Å². The lowest BCUT2D eigenvalue weighted by molar-refractivity contribution is 0.628. The van der Waals surface area contributed by atoms with Gasteiger partial charge in [-0.15, -0.1) is 0 Å². The van der Waals surface area contributed by atoms with Crippen molar-refractivity contribution in [1.82, 2.24) is 4.98 Å². The van der Waals surface area contributed by atoms with Crippen LogP contribution in [0, 0.1) is 5.82 Å². The van der Waals surface area contributed by atoms with E-state index in [1.165, 1.54) is 12.1 Å². The molecule has 0 saturated heterocycles. The van der Waals surface area contributed by atoms with Crippen molar-refractivity contribution in [3.63, 3.8) is 0 Å². The van der Waals surface area contributed by atoms with Crippen molar-refractivity contribution < 1.29 is 4.39 Å². The van der Waals surface area contributed by atoms with Crippen LogP contribution in [-0.2, 0) is 0 Å². The van der Waals surface area contributed by atoms with Crippen LogP contribution in [0.2, 0.25) is 15.3 Å². The Morgan fingerprint density at radius 3 is 2.06 bits per heavy atom. The van der Waals surface area contributed by atoms with Crippen molar-refractivity contribution in [1.29, 1.82) is 0 Å². The van der Waals surface area contributed by atoms with E-state index in [2.05, 4.69) is 4.98 Å². The van der Waals surface area contributed by atoms with E-state index in [0.717, 1.165) is 11.1 Å². The fourth-order valence-corrected chi connectivity index (χ4v) is 1.95. The molecule has 2 aromatic rings. The van der Waals surface area contributed by atoms with Gasteiger partial charge < -0.3 is 0 Å². The molecule has 0 radical (unpaired) electrons. The molecule has 0 atom stereocenters. The highest BCUT2D eigenvalue weighted by atomic mass is 35.5. The lowest BCUT2D eigenvalue weighted by atomic mass is 10.1. The topological polar surface area (TPSA) is 12.9 Å². The van der Waals surface area contributed by atoms with Crippen LogP contribution in [0.15, 0.2) is 30.3 Å². The molecule has 1 aromatic carbocycles. The molecule has 0 bridgehead atoms. The molecular formula is C11H5Cl3FN. The van der Waals surface area contributed by atoms with Crippen molar-refractivity contribution in [3.8, 4) is 11.1 Å². The van der Waals surface area contributed by atoms with Crippen molar-refractivity contribution in [2.24, 2.45) is 0 Å². The predicted octanol–water partition coefficient (Wildman–Crippen LogP) is 4.85. The molecule has 0 fully saturated rings. The summed E-state index contributed by atoms with van der Waals surface area (Å²) in [6, 6.07) is 7.68. The summed E-state index contributed by atoms with van der Waals surface area (Å²) in [6.07, 6.45) is 0. The van der Waals surface area contributed by atoms with Gasteiger partial charge in [-0.25, -0.2) is 9.37 Å². The number of aromatic nitrogens is 1. The lowest BCUT2D eigenvalue weighted by Gasteiger charge is -2.04. The number of nitrogens with zero attached hydrogens (tertiary/aromatic N) is 1. The number of pyridine rings is 1. The minimum Gasteiger partial charge on any atom is -0.224 e. The van der Waals surface area contributed by atoms with E-state index in [-0.39, 0.29) is 15.3 Å². The molecule has 82 valence electrons. The molecule has 0 N–H and O–H groups in total.